The van der Waals surface area contributed by atoms with Gasteiger partial charge in [0.05, 0.1) is 0 Å². The van der Waals surface area contributed by atoms with Crippen LogP contribution in [-0.2, 0) is 0 Å². The van der Waals surface area contributed by atoms with Gasteiger partial charge in [-0.2, -0.15) is 0 Å². The van der Waals surface area contributed by atoms with Crippen molar-refractivity contribution in [3.05, 3.63) is 11.8 Å². The van der Waals surface area contributed by atoms with Crippen LogP contribution in [0.3, 0.4) is 0 Å². The smallest absolute Gasteiger partial charge is 0.101 e. The van der Waals surface area contributed by atoms with Crippen molar-refractivity contribution in [1.82, 2.24) is 5.32 Å². The molecule has 0 aromatic heterocycles. The van der Waals surface area contributed by atoms with Crippen LogP contribution in [0.5, 0.6) is 0 Å². The minimum atomic E-state index is -0.641. The lowest BCUT2D eigenvalue weighted by molar-refractivity contribution is 0.335. The molecule has 68 valence electrons. The molecule has 3 heteroatoms. The number of hydrogen-bond acceptors (Lipinski definition) is 2. The van der Waals surface area contributed by atoms with Crippen LogP contribution in [0.15, 0.2) is 11.8 Å². The van der Waals surface area contributed by atoms with Gasteiger partial charge < -0.3 is 10.7 Å². The molecule has 1 aliphatic rings. The monoisotopic (exact) mass is 170 g/mol. The molecular weight excluding hydrogens is 155 g/mol. The summed E-state index contributed by atoms with van der Waals surface area (Å²) >= 11 is 0. The molecule has 12 heavy (non-hydrogen) atoms. The summed E-state index contributed by atoms with van der Waals surface area (Å²) in [5.41, 5.74) is 0.991. The van der Waals surface area contributed by atoms with Crippen LogP contribution in [0.4, 0.5) is 4.39 Å². The van der Waals surface area contributed by atoms with E-state index in [1.165, 1.54) is 6.21 Å². The maximum Gasteiger partial charge on any atom is 0.101 e. The van der Waals surface area contributed by atoms with Gasteiger partial charge in [-0.1, -0.05) is 0 Å². The predicted molar refractivity (Wildman–Crippen MR) is 48.2 cm³/mol. The van der Waals surface area contributed by atoms with Gasteiger partial charge in [-0.15, -0.1) is 0 Å². The third-order valence-electron chi connectivity index (χ3n) is 2.36. The normalized spacial score (nSPS) is 30.3. The van der Waals surface area contributed by atoms with Crippen LogP contribution < -0.4 is 5.32 Å². The van der Waals surface area contributed by atoms with Crippen molar-refractivity contribution >= 4 is 6.21 Å². The lowest BCUT2D eigenvalue weighted by atomic mass is 10.0. The van der Waals surface area contributed by atoms with E-state index in [1.807, 2.05) is 7.05 Å². The van der Waals surface area contributed by atoms with E-state index < -0.39 is 6.17 Å². The molecule has 0 radical (unpaired) electrons. The van der Waals surface area contributed by atoms with E-state index in [1.54, 1.807) is 6.08 Å². The average molecular weight is 170 g/mol. The number of allylic oxidation sites excluding steroid dienone is 2. The molecule has 2 atom stereocenters. The summed E-state index contributed by atoms with van der Waals surface area (Å²) in [5, 5.41) is 9.92. The van der Waals surface area contributed by atoms with Gasteiger partial charge in [-0.05, 0) is 25.3 Å². The Morgan fingerprint density at radius 3 is 2.75 bits per heavy atom. The van der Waals surface area contributed by atoms with Crippen LogP contribution in [-0.4, -0.2) is 19.4 Å². The van der Waals surface area contributed by atoms with E-state index in [2.05, 4.69) is 5.32 Å². The summed E-state index contributed by atoms with van der Waals surface area (Å²) in [6.07, 6.45) is 4.50. The van der Waals surface area contributed by atoms with E-state index in [9.17, 15) is 4.39 Å². The van der Waals surface area contributed by atoms with Gasteiger partial charge in [0.1, 0.15) is 6.17 Å². The van der Waals surface area contributed by atoms with Gasteiger partial charge >= 0.3 is 0 Å². The zero-order valence-corrected chi connectivity index (χ0v) is 7.31. The minimum Gasteiger partial charge on any atom is -0.391 e. The SMILES string of the molecule is CN/C(=C\C=N)C1CCC(F)C1. The van der Waals surface area contributed by atoms with Crippen molar-refractivity contribution in [3.8, 4) is 0 Å². The average Bonchev–Trinajstić information content (AvgIpc) is 2.47. The Morgan fingerprint density at radius 2 is 2.33 bits per heavy atom. The number of halogens is 1. The largest absolute Gasteiger partial charge is 0.391 e. The molecule has 1 aliphatic carbocycles. The molecule has 1 rings (SSSR count). The maximum absolute atomic E-state index is 12.8. The molecule has 1 fully saturated rings. The molecule has 0 amide bonds. The van der Waals surface area contributed by atoms with Crippen molar-refractivity contribution < 1.29 is 4.39 Å². The Bertz CT molecular complexity index is 189. The van der Waals surface area contributed by atoms with Crippen molar-refractivity contribution in [1.29, 1.82) is 5.41 Å². The second-order valence-corrected chi connectivity index (χ2v) is 3.15. The summed E-state index contributed by atoms with van der Waals surface area (Å²) in [6.45, 7) is 0. The van der Waals surface area contributed by atoms with Crippen molar-refractivity contribution in [2.45, 2.75) is 25.4 Å². The molecule has 1 saturated carbocycles. The number of hydrogen-bond donors (Lipinski definition) is 2. The highest BCUT2D eigenvalue weighted by Crippen LogP contribution is 2.31. The third kappa shape index (κ3) is 2.06. The summed E-state index contributed by atoms with van der Waals surface area (Å²) < 4.78 is 12.8. The lowest BCUT2D eigenvalue weighted by Gasteiger charge is -2.12. The van der Waals surface area contributed by atoms with Crippen LogP contribution in [0, 0.1) is 11.3 Å². The van der Waals surface area contributed by atoms with Gasteiger partial charge in [0, 0.05) is 24.9 Å². The first kappa shape index (κ1) is 9.23. The van der Waals surface area contributed by atoms with Crippen molar-refractivity contribution in [2.24, 2.45) is 5.92 Å². The highest BCUT2D eigenvalue weighted by molar-refractivity contribution is 5.68. The molecule has 0 heterocycles. The van der Waals surface area contributed by atoms with Gasteiger partial charge in [0.2, 0.25) is 0 Å². The molecule has 0 spiro atoms. The number of alkyl halides is 1. The third-order valence-corrected chi connectivity index (χ3v) is 2.36. The Labute approximate surface area is 72.4 Å². The zero-order chi connectivity index (χ0) is 8.97. The molecule has 0 aromatic rings. The van der Waals surface area contributed by atoms with Crippen LogP contribution in [0.1, 0.15) is 19.3 Å². The highest BCUT2D eigenvalue weighted by Gasteiger charge is 2.26. The second kappa shape index (κ2) is 4.24. The molecule has 2 N–H and O–H groups in total. The standard InChI is InChI=1S/C9H15FN2/c1-12-9(4-5-11)7-2-3-8(10)6-7/h4-5,7-8,11-12H,2-3,6H2,1H3/b9-4-,11-5?. The lowest BCUT2D eigenvalue weighted by Crippen LogP contribution is -2.14. The fourth-order valence-corrected chi connectivity index (χ4v) is 1.72. The van der Waals surface area contributed by atoms with Gasteiger partial charge in [-0.3, -0.25) is 0 Å². The maximum atomic E-state index is 12.8. The molecule has 2 unspecified atom stereocenters. The Kier molecular flexibility index (Phi) is 3.26. The first-order chi connectivity index (χ1) is 5.77. The summed E-state index contributed by atoms with van der Waals surface area (Å²) in [7, 11) is 1.82. The predicted octanol–water partition coefficient (Wildman–Crippen LogP) is 1.88. The first-order valence-electron chi connectivity index (χ1n) is 4.30. The van der Waals surface area contributed by atoms with E-state index in [0.717, 1.165) is 12.1 Å². The minimum absolute atomic E-state index is 0.298. The molecule has 0 aliphatic heterocycles. The molecule has 0 bridgehead atoms. The Morgan fingerprint density at radius 1 is 1.58 bits per heavy atom. The molecule has 0 aromatic carbocycles. The molecule has 2 nitrogen and oxygen atoms in total. The van der Waals surface area contributed by atoms with E-state index >= 15 is 0 Å². The quantitative estimate of drug-likeness (QED) is 0.623. The first-order valence-corrected chi connectivity index (χ1v) is 4.30. The van der Waals surface area contributed by atoms with Crippen molar-refractivity contribution in [2.75, 3.05) is 7.05 Å². The van der Waals surface area contributed by atoms with E-state index in [-0.39, 0.29) is 0 Å². The van der Waals surface area contributed by atoms with Gasteiger partial charge in [0.25, 0.3) is 0 Å². The Hall–Kier alpha value is -0.860. The molecule has 0 saturated heterocycles. The Balaban J connectivity index is 2.55. The fourth-order valence-electron chi connectivity index (χ4n) is 1.72. The second-order valence-electron chi connectivity index (χ2n) is 3.15. The van der Waals surface area contributed by atoms with Crippen LogP contribution >= 0.6 is 0 Å². The van der Waals surface area contributed by atoms with Gasteiger partial charge in [-0.25, -0.2) is 4.39 Å². The van der Waals surface area contributed by atoms with E-state index in [4.69, 9.17) is 5.41 Å². The van der Waals surface area contributed by atoms with Gasteiger partial charge in [0.15, 0.2) is 0 Å². The van der Waals surface area contributed by atoms with Crippen LogP contribution in [0.2, 0.25) is 0 Å². The van der Waals surface area contributed by atoms with Crippen molar-refractivity contribution in [3.63, 3.8) is 0 Å². The zero-order valence-electron chi connectivity index (χ0n) is 7.31. The summed E-state index contributed by atoms with van der Waals surface area (Å²) in [4.78, 5) is 0. The topological polar surface area (TPSA) is 35.9 Å². The molecular formula is C9H15FN2. The summed E-state index contributed by atoms with van der Waals surface area (Å²) in [6, 6.07) is 0. The highest BCUT2D eigenvalue weighted by atomic mass is 19.1. The van der Waals surface area contributed by atoms with E-state index in [0.29, 0.717) is 18.8 Å². The van der Waals surface area contributed by atoms with Crippen LogP contribution in [0.25, 0.3) is 0 Å². The fraction of sp³-hybridized carbons (Fsp3) is 0.667. The summed E-state index contributed by atoms with van der Waals surface area (Å²) in [5.74, 6) is 0.298. The number of nitrogens with one attached hydrogen (secondary N) is 2. The number of rotatable bonds is 3.